The number of hydrogen-bond donors (Lipinski definition) is 3. The van der Waals surface area contributed by atoms with Crippen molar-refractivity contribution in [2.75, 3.05) is 19.6 Å². The van der Waals surface area contributed by atoms with Crippen LogP contribution in [0.5, 0.6) is 0 Å². The third-order valence-electron chi connectivity index (χ3n) is 2.04. The van der Waals surface area contributed by atoms with Gasteiger partial charge in [0.25, 0.3) is 5.91 Å². The molecule has 7 nitrogen and oxygen atoms in total. The van der Waals surface area contributed by atoms with Gasteiger partial charge in [-0.25, -0.2) is 0 Å². The summed E-state index contributed by atoms with van der Waals surface area (Å²) >= 11 is 0. The van der Waals surface area contributed by atoms with E-state index < -0.39 is 11.8 Å². The molecular formula is C12H15N3O4. The summed E-state index contributed by atoms with van der Waals surface area (Å²) in [6, 6.07) is 3.05. The molecule has 0 aliphatic heterocycles. The van der Waals surface area contributed by atoms with Gasteiger partial charge in [-0.1, -0.05) is 6.08 Å². The summed E-state index contributed by atoms with van der Waals surface area (Å²) in [6.07, 6.45) is 2.89. The fourth-order valence-electron chi connectivity index (χ4n) is 1.15. The standard InChI is InChI=1S/C12H15N3O4/c1-2-5-13-10(16)7-14-11(17)8-15-12(18)9-4-3-6-19-9/h2-4,6H,1,5,7-8H2,(H,13,16)(H,14,17)(H,15,18). The topological polar surface area (TPSA) is 100 Å². The summed E-state index contributed by atoms with van der Waals surface area (Å²) in [6.45, 7) is 3.40. The number of rotatable bonds is 7. The molecule has 3 amide bonds. The van der Waals surface area contributed by atoms with Crippen LogP contribution in [0.25, 0.3) is 0 Å². The van der Waals surface area contributed by atoms with Crippen LogP contribution < -0.4 is 16.0 Å². The van der Waals surface area contributed by atoms with Crippen LogP contribution in [0.15, 0.2) is 35.5 Å². The summed E-state index contributed by atoms with van der Waals surface area (Å²) in [5.74, 6) is -1.16. The molecule has 1 heterocycles. The van der Waals surface area contributed by atoms with Crippen molar-refractivity contribution < 1.29 is 18.8 Å². The first-order valence-electron chi connectivity index (χ1n) is 5.59. The van der Waals surface area contributed by atoms with Gasteiger partial charge in [0.2, 0.25) is 11.8 Å². The van der Waals surface area contributed by atoms with Gasteiger partial charge in [-0.3, -0.25) is 14.4 Å². The molecule has 0 saturated carbocycles. The van der Waals surface area contributed by atoms with Crippen molar-refractivity contribution in [1.82, 2.24) is 16.0 Å². The van der Waals surface area contributed by atoms with E-state index in [4.69, 9.17) is 4.42 Å². The van der Waals surface area contributed by atoms with E-state index in [1.54, 1.807) is 6.07 Å². The van der Waals surface area contributed by atoms with E-state index >= 15 is 0 Å². The molecule has 19 heavy (non-hydrogen) atoms. The minimum absolute atomic E-state index is 0.122. The number of carbonyl (C=O) groups is 3. The zero-order chi connectivity index (χ0) is 14.1. The maximum atomic E-state index is 11.4. The Balaban J connectivity index is 2.19. The normalized spacial score (nSPS) is 9.47. The van der Waals surface area contributed by atoms with Crippen molar-refractivity contribution in [3.05, 3.63) is 36.8 Å². The maximum Gasteiger partial charge on any atom is 0.287 e. The Labute approximate surface area is 110 Å². The monoisotopic (exact) mass is 265 g/mol. The Morgan fingerprint density at radius 2 is 1.84 bits per heavy atom. The summed E-state index contributed by atoms with van der Waals surface area (Å²) in [4.78, 5) is 33.9. The number of hydrogen-bond acceptors (Lipinski definition) is 4. The molecule has 0 saturated heterocycles. The summed E-state index contributed by atoms with van der Waals surface area (Å²) in [5, 5.41) is 7.22. The quantitative estimate of drug-likeness (QED) is 0.575. The molecule has 0 radical (unpaired) electrons. The van der Waals surface area contributed by atoms with Crippen LogP contribution in [-0.2, 0) is 9.59 Å². The van der Waals surface area contributed by atoms with Gasteiger partial charge in [0.05, 0.1) is 19.4 Å². The second-order valence-corrected chi connectivity index (χ2v) is 3.53. The third kappa shape index (κ3) is 5.53. The van der Waals surface area contributed by atoms with Crippen LogP contribution >= 0.6 is 0 Å². The van der Waals surface area contributed by atoms with Crippen LogP contribution in [0.3, 0.4) is 0 Å². The molecule has 1 aromatic heterocycles. The first-order valence-corrected chi connectivity index (χ1v) is 5.59. The van der Waals surface area contributed by atoms with Crippen LogP contribution in [-0.4, -0.2) is 37.4 Å². The highest BCUT2D eigenvalue weighted by Crippen LogP contribution is 1.98. The molecule has 3 N–H and O–H groups in total. The molecule has 0 unspecified atom stereocenters. The SMILES string of the molecule is C=CCNC(=O)CNC(=O)CNC(=O)c1ccco1. The summed E-state index contributed by atoms with van der Waals surface area (Å²) in [5.41, 5.74) is 0. The molecule has 1 rings (SSSR count). The van der Waals surface area contributed by atoms with Crippen molar-refractivity contribution in [3.63, 3.8) is 0 Å². The lowest BCUT2D eigenvalue weighted by Crippen LogP contribution is -2.41. The lowest BCUT2D eigenvalue weighted by molar-refractivity contribution is -0.125. The van der Waals surface area contributed by atoms with E-state index in [0.29, 0.717) is 6.54 Å². The average Bonchev–Trinajstić information content (AvgIpc) is 2.94. The Morgan fingerprint density at radius 1 is 1.16 bits per heavy atom. The predicted molar refractivity (Wildman–Crippen MR) is 67.3 cm³/mol. The third-order valence-corrected chi connectivity index (χ3v) is 2.04. The van der Waals surface area contributed by atoms with E-state index in [1.807, 2.05) is 0 Å². The molecule has 0 spiro atoms. The van der Waals surface area contributed by atoms with E-state index in [-0.39, 0.29) is 24.8 Å². The molecule has 102 valence electrons. The highest BCUT2D eigenvalue weighted by molar-refractivity contribution is 5.94. The number of amides is 3. The second kappa shape index (κ2) is 7.70. The Bertz CT molecular complexity index is 454. The van der Waals surface area contributed by atoms with Gasteiger partial charge in [0.15, 0.2) is 5.76 Å². The average molecular weight is 265 g/mol. The molecule has 0 fully saturated rings. The van der Waals surface area contributed by atoms with Crippen LogP contribution in [0.4, 0.5) is 0 Å². The van der Waals surface area contributed by atoms with Gasteiger partial charge in [0, 0.05) is 6.54 Å². The molecule has 7 heteroatoms. The largest absolute Gasteiger partial charge is 0.459 e. The van der Waals surface area contributed by atoms with Crippen LogP contribution in [0.1, 0.15) is 10.6 Å². The van der Waals surface area contributed by atoms with Crippen molar-refractivity contribution in [2.24, 2.45) is 0 Å². The van der Waals surface area contributed by atoms with E-state index in [1.165, 1.54) is 18.4 Å². The zero-order valence-electron chi connectivity index (χ0n) is 10.3. The minimum Gasteiger partial charge on any atom is -0.459 e. The first-order chi connectivity index (χ1) is 9.13. The number of carbonyl (C=O) groups excluding carboxylic acids is 3. The first kappa shape index (κ1) is 14.5. The van der Waals surface area contributed by atoms with E-state index in [9.17, 15) is 14.4 Å². The summed E-state index contributed by atoms with van der Waals surface area (Å²) < 4.78 is 4.85. The summed E-state index contributed by atoms with van der Waals surface area (Å²) in [7, 11) is 0. The predicted octanol–water partition coefficient (Wildman–Crippen LogP) is -0.572. The molecule has 0 aliphatic rings. The van der Waals surface area contributed by atoms with Crippen LogP contribution in [0.2, 0.25) is 0 Å². The Hall–Kier alpha value is -2.57. The maximum absolute atomic E-state index is 11.4. The van der Waals surface area contributed by atoms with Crippen molar-refractivity contribution >= 4 is 17.7 Å². The van der Waals surface area contributed by atoms with Gasteiger partial charge in [0.1, 0.15) is 0 Å². The minimum atomic E-state index is -0.490. The van der Waals surface area contributed by atoms with E-state index in [0.717, 1.165) is 0 Å². The molecule has 1 aromatic rings. The zero-order valence-corrected chi connectivity index (χ0v) is 10.3. The Morgan fingerprint density at radius 3 is 2.47 bits per heavy atom. The van der Waals surface area contributed by atoms with Crippen LogP contribution in [0, 0.1) is 0 Å². The fraction of sp³-hybridized carbons (Fsp3) is 0.250. The van der Waals surface area contributed by atoms with Gasteiger partial charge in [-0.05, 0) is 12.1 Å². The van der Waals surface area contributed by atoms with Crippen molar-refractivity contribution in [2.45, 2.75) is 0 Å². The highest BCUT2D eigenvalue weighted by atomic mass is 16.3. The molecule has 0 aromatic carbocycles. The van der Waals surface area contributed by atoms with Crippen molar-refractivity contribution in [1.29, 1.82) is 0 Å². The van der Waals surface area contributed by atoms with Gasteiger partial charge >= 0.3 is 0 Å². The van der Waals surface area contributed by atoms with Crippen molar-refractivity contribution in [3.8, 4) is 0 Å². The van der Waals surface area contributed by atoms with Gasteiger partial charge in [-0.2, -0.15) is 0 Å². The lowest BCUT2D eigenvalue weighted by Gasteiger charge is -2.06. The molecular weight excluding hydrogens is 250 g/mol. The molecule has 0 aliphatic carbocycles. The number of furan rings is 1. The smallest absolute Gasteiger partial charge is 0.287 e. The Kier molecular flexibility index (Phi) is 5.87. The van der Waals surface area contributed by atoms with Gasteiger partial charge in [-0.15, -0.1) is 6.58 Å². The van der Waals surface area contributed by atoms with E-state index in [2.05, 4.69) is 22.5 Å². The second-order valence-electron chi connectivity index (χ2n) is 3.53. The highest BCUT2D eigenvalue weighted by Gasteiger charge is 2.10. The molecule has 0 bridgehead atoms. The number of nitrogens with one attached hydrogen (secondary N) is 3. The lowest BCUT2D eigenvalue weighted by atomic mass is 10.4. The molecule has 0 atom stereocenters. The fourth-order valence-corrected chi connectivity index (χ4v) is 1.15. The van der Waals surface area contributed by atoms with Gasteiger partial charge < -0.3 is 20.4 Å².